The monoisotopic (exact) mass is 627 g/mol. The predicted molar refractivity (Wildman–Crippen MR) is 150 cm³/mol. The van der Waals surface area contributed by atoms with E-state index in [2.05, 4.69) is 5.10 Å². The zero-order valence-corrected chi connectivity index (χ0v) is 24.2. The maximum atomic E-state index is 13.5. The molecule has 1 aromatic heterocycles. The molecule has 0 bridgehead atoms. The molecule has 9 nitrogen and oxygen atoms in total. The maximum Gasteiger partial charge on any atom is 0.416 e. The zero-order valence-electron chi connectivity index (χ0n) is 21.8. The maximum absolute atomic E-state index is 13.5. The van der Waals surface area contributed by atoms with Gasteiger partial charge >= 0.3 is 6.18 Å². The summed E-state index contributed by atoms with van der Waals surface area (Å²) in [5.41, 5.74) is 0.365. The highest BCUT2D eigenvalue weighted by Gasteiger charge is 2.37. The van der Waals surface area contributed by atoms with Crippen molar-refractivity contribution >= 4 is 61.7 Å². The van der Waals surface area contributed by atoms with E-state index in [0.29, 0.717) is 29.6 Å². The minimum Gasteiger partial charge on any atom is -0.268 e. The van der Waals surface area contributed by atoms with E-state index in [9.17, 15) is 31.2 Å². The standard InChI is InChI=1S/C26H25ClF3N5O4S2/c1-32(41(38,39)33-8-2-3-9-33)10-11-34-24(36)23(40-25(34)37)13-17-4-7-22-19(12-17)15-31-35(22)16-18-5-6-20(27)14-21(18)26(28,29)30/h4-7,12-15H,2-3,8-11,16H2,1H3. The predicted octanol–water partition coefficient (Wildman–Crippen LogP) is 5.07. The Bertz CT molecular complexity index is 1650. The first kappa shape index (κ1) is 29.6. The van der Waals surface area contributed by atoms with E-state index in [1.54, 1.807) is 24.3 Å². The van der Waals surface area contributed by atoms with Gasteiger partial charge in [0.05, 0.1) is 28.7 Å². The highest BCUT2D eigenvalue weighted by Crippen LogP contribution is 2.35. The summed E-state index contributed by atoms with van der Waals surface area (Å²) in [6.45, 7) is 0.669. The van der Waals surface area contributed by atoms with Crippen LogP contribution in [0.3, 0.4) is 0 Å². The van der Waals surface area contributed by atoms with Crippen LogP contribution in [0.25, 0.3) is 17.0 Å². The largest absolute Gasteiger partial charge is 0.416 e. The van der Waals surface area contributed by atoms with Gasteiger partial charge in [-0.05, 0) is 66.1 Å². The molecule has 15 heteroatoms. The van der Waals surface area contributed by atoms with Crippen LogP contribution < -0.4 is 0 Å². The second kappa shape index (κ2) is 11.4. The fourth-order valence-corrected chi connectivity index (χ4v) is 7.21. The molecular weight excluding hydrogens is 603 g/mol. The normalized spacial score (nSPS) is 18.1. The number of carbonyl (C=O) groups excluding carboxylic acids is 2. The van der Waals surface area contributed by atoms with Gasteiger partial charge in [-0.1, -0.05) is 23.7 Å². The van der Waals surface area contributed by atoms with Gasteiger partial charge < -0.3 is 0 Å². The summed E-state index contributed by atoms with van der Waals surface area (Å²) in [7, 11) is -2.23. The van der Waals surface area contributed by atoms with Crippen LogP contribution in [0, 0.1) is 0 Å². The average molecular weight is 628 g/mol. The third kappa shape index (κ3) is 6.16. The molecule has 2 aliphatic heterocycles. The molecule has 41 heavy (non-hydrogen) atoms. The van der Waals surface area contributed by atoms with E-state index in [1.165, 1.54) is 34.4 Å². The number of halogens is 4. The first-order valence-corrected chi connectivity index (χ1v) is 15.2. The van der Waals surface area contributed by atoms with Gasteiger partial charge in [0.25, 0.3) is 21.4 Å². The number of carbonyl (C=O) groups is 2. The van der Waals surface area contributed by atoms with E-state index < -0.39 is 33.1 Å². The van der Waals surface area contributed by atoms with Crippen LogP contribution in [0.2, 0.25) is 5.02 Å². The van der Waals surface area contributed by atoms with Crippen molar-refractivity contribution in [3.63, 3.8) is 0 Å². The smallest absolute Gasteiger partial charge is 0.268 e. The minimum atomic E-state index is -4.57. The van der Waals surface area contributed by atoms with E-state index >= 15 is 0 Å². The molecule has 218 valence electrons. The lowest BCUT2D eigenvalue weighted by Crippen LogP contribution is -2.44. The first-order chi connectivity index (χ1) is 19.3. The van der Waals surface area contributed by atoms with Gasteiger partial charge in [0.2, 0.25) is 0 Å². The molecule has 2 aliphatic rings. The molecule has 0 aliphatic carbocycles. The zero-order chi connectivity index (χ0) is 29.5. The number of hydrogen-bond acceptors (Lipinski definition) is 6. The average Bonchev–Trinajstić information content (AvgIpc) is 3.64. The molecule has 3 aromatic rings. The summed E-state index contributed by atoms with van der Waals surface area (Å²) in [5, 5.41) is 4.37. The number of thioether (sulfide) groups is 1. The Kier molecular flexibility index (Phi) is 8.23. The van der Waals surface area contributed by atoms with Crippen LogP contribution in [0.5, 0.6) is 0 Å². The topological polar surface area (TPSA) is 95.8 Å². The Balaban J connectivity index is 1.29. The number of amides is 2. The quantitative estimate of drug-likeness (QED) is 0.324. The first-order valence-electron chi connectivity index (χ1n) is 12.6. The summed E-state index contributed by atoms with van der Waals surface area (Å²) in [6.07, 6.45) is 0.0895. The number of hydrogen-bond donors (Lipinski definition) is 0. The Labute approximate surface area is 243 Å². The lowest BCUT2D eigenvalue weighted by molar-refractivity contribution is -0.138. The SMILES string of the molecule is CN(CCN1C(=O)SC(=Cc2ccc3c(cnn3Cc3ccc(Cl)cc3C(F)(F)F)c2)C1=O)S(=O)(=O)N1CCCC1. The summed E-state index contributed by atoms with van der Waals surface area (Å²) in [5.74, 6) is -0.523. The van der Waals surface area contributed by atoms with Crippen LogP contribution in [-0.4, -0.2) is 76.1 Å². The second-order valence-electron chi connectivity index (χ2n) is 9.69. The van der Waals surface area contributed by atoms with Crippen molar-refractivity contribution < 1.29 is 31.2 Å². The lowest BCUT2D eigenvalue weighted by atomic mass is 10.1. The highest BCUT2D eigenvalue weighted by atomic mass is 35.5. The van der Waals surface area contributed by atoms with Crippen molar-refractivity contribution in [2.24, 2.45) is 0 Å². The molecule has 0 saturated carbocycles. The van der Waals surface area contributed by atoms with Crippen LogP contribution in [0.15, 0.2) is 47.5 Å². The molecule has 3 heterocycles. The molecule has 0 atom stereocenters. The molecule has 2 saturated heterocycles. The lowest BCUT2D eigenvalue weighted by Gasteiger charge is -2.25. The van der Waals surface area contributed by atoms with Crippen molar-refractivity contribution in [1.82, 2.24) is 23.3 Å². The fraction of sp³-hybridized carbons (Fsp3) is 0.346. The van der Waals surface area contributed by atoms with Gasteiger partial charge in [-0.3, -0.25) is 19.2 Å². The summed E-state index contributed by atoms with van der Waals surface area (Å²) < 4.78 is 69.9. The van der Waals surface area contributed by atoms with E-state index in [-0.39, 0.29) is 35.1 Å². The molecule has 0 unspecified atom stereocenters. The second-order valence-corrected chi connectivity index (χ2v) is 13.2. The van der Waals surface area contributed by atoms with Gasteiger partial charge in [-0.2, -0.15) is 35.3 Å². The minimum absolute atomic E-state index is 0.0143. The number of fused-ring (bicyclic) bond motifs is 1. The van der Waals surface area contributed by atoms with Crippen LogP contribution in [0.4, 0.5) is 18.0 Å². The number of aromatic nitrogens is 2. The fourth-order valence-electron chi connectivity index (χ4n) is 4.75. The molecule has 0 spiro atoms. The van der Waals surface area contributed by atoms with Crippen molar-refractivity contribution in [2.45, 2.75) is 25.6 Å². The molecule has 0 N–H and O–H groups in total. The van der Waals surface area contributed by atoms with Crippen molar-refractivity contribution in [2.75, 3.05) is 33.2 Å². The summed E-state index contributed by atoms with van der Waals surface area (Å²) in [4.78, 5) is 26.7. The Morgan fingerprint density at radius 1 is 1.12 bits per heavy atom. The number of likely N-dealkylation sites (N-methyl/N-ethyl adjacent to an activating group) is 1. The number of alkyl halides is 3. The molecular formula is C26H25ClF3N5O4S2. The Morgan fingerprint density at radius 3 is 2.56 bits per heavy atom. The number of nitrogens with zero attached hydrogens (tertiary/aromatic N) is 5. The molecule has 2 fully saturated rings. The number of rotatable bonds is 8. The van der Waals surface area contributed by atoms with Gasteiger partial charge in [0, 0.05) is 43.6 Å². The number of imide groups is 1. The molecule has 2 aromatic carbocycles. The van der Waals surface area contributed by atoms with Gasteiger partial charge in [-0.15, -0.1) is 0 Å². The summed E-state index contributed by atoms with van der Waals surface area (Å²) >= 11 is 6.54. The van der Waals surface area contributed by atoms with E-state index in [4.69, 9.17) is 11.6 Å². The van der Waals surface area contributed by atoms with E-state index in [0.717, 1.165) is 39.9 Å². The van der Waals surface area contributed by atoms with Gasteiger partial charge in [0.15, 0.2) is 0 Å². The third-order valence-corrected chi connectivity index (χ3v) is 10.1. The third-order valence-electron chi connectivity index (χ3n) is 6.96. The molecule has 5 rings (SSSR count). The Morgan fingerprint density at radius 2 is 1.85 bits per heavy atom. The molecule has 0 radical (unpaired) electrons. The summed E-state index contributed by atoms with van der Waals surface area (Å²) in [6, 6.07) is 8.68. The van der Waals surface area contributed by atoms with Gasteiger partial charge in [0.1, 0.15) is 0 Å². The van der Waals surface area contributed by atoms with Crippen LogP contribution in [-0.2, 0) is 27.7 Å². The number of benzene rings is 2. The van der Waals surface area contributed by atoms with Crippen molar-refractivity contribution in [1.29, 1.82) is 0 Å². The van der Waals surface area contributed by atoms with Crippen LogP contribution >= 0.6 is 23.4 Å². The van der Waals surface area contributed by atoms with Crippen LogP contribution in [0.1, 0.15) is 29.5 Å². The van der Waals surface area contributed by atoms with Crippen molar-refractivity contribution in [3.8, 4) is 0 Å². The van der Waals surface area contributed by atoms with E-state index in [1.807, 2.05) is 0 Å². The highest BCUT2D eigenvalue weighted by molar-refractivity contribution is 8.18. The van der Waals surface area contributed by atoms with Gasteiger partial charge in [-0.25, -0.2) is 0 Å². The Hall–Kier alpha value is -2.91. The van der Waals surface area contributed by atoms with Crippen molar-refractivity contribution in [3.05, 3.63) is 69.2 Å². The molecule has 2 amide bonds.